The summed E-state index contributed by atoms with van der Waals surface area (Å²) in [5.74, 6) is -4.15. The maximum absolute atomic E-state index is 13.9. The second-order valence-electron chi connectivity index (χ2n) is 4.59. The Kier molecular flexibility index (Phi) is 4.93. The minimum atomic E-state index is -4.93. The van der Waals surface area contributed by atoms with E-state index < -0.39 is 47.6 Å². The van der Waals surface area contributed by atoms with Gasteiger partial charge in [0.1, 0.15) is 12.4 Å². The number of aliphatic carboxylic acids is 1. The van der Waals surface area contributed by atoms with Crippen LogP contribution < -0.4 is 0 Å². The fourth-order valence-corrected chi connectivity index (χ4v) is 1.71. The summed E-state index contributed by atoms with van der Waals surface area (Å²) < 4.78 is 51.7. The summed E-state index contributed by atoms with van der Waals surface area (Å²) in [4.78, 5) is 23.5. The molecule has 0 fully saturated rings. The van der Waals surface area contributed by atoms with Crippen LogP contribution in [0.3, 0.4) is 0 Å². The Morgan fingerprint density at radius 2 is 1.86 bits per heavy atom. The Balaban J connectivity index is 3.26. The van der Waals surface area contributed by atoms with E-state index in [1.165, 1.54) is 13.8 Å². The van der Waals surface area contributed by atoms with Crippen molar-refractivity contribution in [2.45, 2.75) is 26.1 Å². The van der Waals surface area contributed by atoms with Gasteiger partial charge in [0.05, 0.1) is 11.1 Å². The van der Waals surface area contributed by atoms with Crippen LogP contribution in [0.25, 0.3) is 0 Å². The first-order valence-electron chi connectivity index (χ1n) is 5.94. The van der Waals surface area contributed by atoms with Gasteiger partial charge in [0.2, 0.25) is 0 Å². The first-order valence-corrected chi connectivity index (χ1v) is 5.94. The van der Waals surface area contributed by atoms with Gasteiger partial charge in [0, 0.05) is 6.04 Å². The normalized spacial score (nSPS) is 11.6. The monoisotopic (exact) mass is 307 g/mol. The maximum atomic E-state index is 13.9. The molecule has 0 aliphatic carbocycles. The smallest absolute Gasteiger partial charge is 0.419 e. The molecular weight excluding hydrogens is 294 g/mol. The molecule has 0 heterocycles. The molecular formula is C13H13F4NO3. The number of amides is 1. The molecule has 0 aliphatic heterocycles. The zero-order valence-electron chi connectivity index (χ0n) is 11.2. The summed E-state index contributed by atoms with van der Waals surface area (Å²) in [6.07, 6.45) is -4.93. The molecule has 4 nitrogen and oxygen atoms in total. The standard InChI is InChI=1S/C13H13F4NO3/c1-7(2)18(6-10(19)20)12(21)8-4-3-5-9(11(8)14)13(15,16)17/h3-5,7H,6H2,1-2H3,(H,19,20). The molecule has 0 atom stereocenters. The van der Waals surface area contributed by atoms with Gasteiger partial charge in [-0.25, -0.2) is 4.39 Å². The number of nitrogens with zero attached hydrogens (tertiary/aromatic N) is 1. The Bertz CT molecular complexity index is 555. The van der Waals surface area contributed by atoms with Crippen LogP contribution in [0, 0.1) is 5.82 Å². The Labute approximate surface area is 118 Å². The van der Waals surface area contributed by atoms with Crippen molar-refractivity contribution in [3.05, 3.63) is 35.1 Å². The average molecular weight is 307 g/mol. The number of halogens is 4. The molecule has 0 aromatic heterocycles. The quantitative estimate of drug-likeness (QED) is 0.870. The van der Waals surface area contributed by atoms with Crippen LogP contribution in [0.2, 0.25) is 0 Å². The first kappa shape index (κ1) is 16.9. The summed E-state index contributed by atoms with van der Waals surface area (Å²) in [6, 6.07) is 1.70. The highest BCUT2D eigenvalue weighted by Crippen LogP contribution is 2.32. The van der Waals surface area contributed by atoms with E-state index in [0.29, 0.717) is 6.07 Å². The number of carbonyl (C=O) groups is 2. The lowest BCUT2D eigenvalue weighted by Gasteiger charge is -2.25. The zero-order chi connectivity index (χ0) is 16.4. The van der Waals surface area contributed by atoms with Gasteiger partial charge >= 0.3 is 12.1 Å². The second kappa shape index (κ2) is 6.11. The summed E-state index contributed by atoms with van der Waals surface area (Å²) >= 11 is 0. The van der Waals surface area contributed by atoms with Crippen molar-refractivity contribution < 1.29 is 32.3 Å². The van der Waals surface area contributed by atoms with Gasteiger partial charge in [-0.3, -0.25) is 9.59 Å². The first-order chi connectivity index (χ1) is 9.55. The van der Waals surface area contributed by atoms with Crippen molar-refractivity contribution in [2.75, 3.05) is 6.54 Å². The van der Waals surface area contributed by atoms with E-state index in [1.54, 1.807) is 0 Å². The predicted molar refractivity (Wildman–Crippen MR) is 65.2 cm³/mol. The Hall–Kier alpha value is -2.12. The van der Waals surface area contributed by atoms with Crippen LogP contribution >= 0.6 is 0 Å². The fraction of sp³-hybridized carbons (Fsp3) is 0.385. The molecule has 1 N–H and O–H groups in total. The predicted octanol–water partition coefficient (Wildman–Crippen LogP) is 2.78. The third-order valence-corrected chi connectivity index (χ3v) is 2.72. The number of hydrogen-bond acceptors (Lipinski definition) is 2. The van der Waals surface area contributed by atoms with Gasteiger partial charge in [-0.15, -0.1) is 0 Å². The fourth-order valence-electron chi connectivity index (χ4n) is 1.71. The van der Waals surface area contributed by atoms with Crippen LogP contribution in [-0.4, -0.2) is 34.5 Å². The van der Waals surface area contributed by atoms with Crippen LogP contribution in [0.5, 0.6) is 0 Å². The zero-order valence-corrected chi connectivity index (χ0v) is 11.2. The molecule has 0 spiro atoms. The molecule has 0 aliphatic rings. The Morgan fingerprint density at radius 1 is 1.29 bits per heavy atom. The van der Waals surface area contributed by atoms with E-state index in [9.17, 15) is 27.2 Å². The molecule has 0 unspecified atom stereocenters. The molecule has 1 aromatic carbocycles. The molecule has 1 aromatic rings. The topological polar surface area (TPSA) is 57.6 Å². The van der Waals surface area contributed by atoms with Crippen molar-refractivity contribution in [1.82, 2.24) is 4.90 Å². The van der Waals surface area contributed by atoms with E-state index in [-0.39, 0.29) is 0 Å². The molecule has 1 amide bonds. The van der Waals surface area contributed by atoms with E-state index in [2.05, 4.69) is 0 Å². The van der Waals surface area contributed by atoms with Gasteiger partial charge in [-0.1, -0.05) is 6.07 Å². The van der Waals surface area contributed by atoms with Gasteiger partial charge in [0.25, 0.3) is 5.91 Å². The molecule has 1 rings (SSSR count). The van der Waals surface area contributed by atoms with Crippen molar-refractivity contribution in [2.24, 2.45) is 0 Å². The van der Waals surface area contributed by atoms with Crippen molar-refractivity contribution >= 4 is 11.9 Å². The highest BCUT2D eigenvalue weighted by Gasteiger charge is 2.36. The lowest BCUT2D eigenvalue weighted by Crippen LogP contribution is -2.41. The largest absolute Gasteiger partial charge is 0.480 e. The lowest BCUT2D eigenvalue weighted by atomic mass is 10.1. The molecule has 0 radical (unpaired) electrons. The SMILES string of the molecule is CC(C)N(CC(=O)O)C(=O)c1cccc(C(F)(F)F)c1F. The molecule has 0 saturated heterocycles. The van der Waals surface area contributed by atoms with Gasteiger partial charge in [-0.05, 0) is 26.0 Å². The lowest BCUT2D eigenvalue weighted by molar-refractivity contribution is -0.140. The van der Waals surface area contributed by atoms with Gasteiger partial charge in [0.15, 0.2) is 0 Å². The number of carboxylic acids is 1. The van der Waals surface area contributed by atoms with Crippen LogP contribution in [0.15, 0.2) is 18.2 Å². The second-order valence-corrected chi connectivity index (χ2v) is 4.59. The summed E-state index contributed by atoms with van der Waals surface area (Å²) in [5.41, 5.74) is -2.37. The molecule has 0 bridgehead atoms. The minimum absolute atomic E-state index is 0.517. The Morgan fingerprint density at radius 3 is 2.29 bits per heavy atom. The summed E-state index contributed by atoms with van der Waals surface area (Å²) in [7, 11) is 0. The van der Waals surface area contributed by atoms with Gasteiger partial charge < -0.3 is 10.0 Å². The number of benzene rings is 1. The number of carbonyl (C=O) groups excluding carboxylic acids is 1. The highest BCUT2D eigenvalue weighted by molar-refractivity contribution is 5.96. The molecule has 116 valence electrons. The molecule has 0 saturated carbocycles. The number of rotatable bonds is 4. The number of carboxylic acid groups (broad SMARTS) is 1. The third-order valence-electron chi connectivity index (χ3n) is 2.72. The molecule has 21 heavy (non-hydrogen) atoms. The number of hydrogen-bond donors (Lipinski definition) is 1. The van der Waals surface area contributed by atoms with E-state index in [4.69, 9.17) is 5.11 Å². The third kappa shape index (κ3) is 3.93. The van der Waals surface area contributed by atoms with E-state index in [0.717, 1.165) is 17.0 Å². The van der Waals surface area contributed by atoms with Crippen LogP contribution in [0.1, 0.15) is 29.8 Å². The van der Waals surface area contributed by atoms with E-state index >= 15 is 0 Å². The van der Waals surface area contributed by atoms with E-state index in [1.807, 2.05) is 0 Å². The summed E-state index contributed by atoms with van der Waals surface area (Å²) in [6.45, 7) is 2.23. The van der Waals surface area contributed by atoms with Crippen molar-refractivity contribution in [3.8, 4) is 0 Å². The highest BCUT2D eigenvalue weighted by atomic mass is 19.4. The van der Waals surface area contributed by atoms with Crippen molar-refractivity contribution in [1.29, 1.82) is 0 Å². The average Bonchev–Trinajstić information content (AvgIpc) is 2.33. The number of alkyl halides is 3. The summed E-state index contributed by atoms with van der Waals surface area (Å²) in [5, 5.41) is 8.71. The maximum Gasteiger partial charge on any atom is 0.419 e. The van der Waals surface area contributed by atoms with Crippen molar-refractivity contribution in [3.63, 3.8) is 0 Å². The van der Waals surface area contributed by atoms with Crippen LogP contribution in [0.4, 0.5) is 17.6 Å². The van der Waals surface area contributed by atoms with Gasteiger partial charge in [-0.2, -0.15) is 13.2 Å². The minimum Gasteiger partial charge on any atom is -0.480 e. The van der Waals surface area contributed by atoms with Crippen LogP contribution in [-0.2, 0) is 11.0 Å². The molecule has 8 heteroatoms.